The summed E-state index contributed by atoms with van der Waals surface area (Å²) < 4.78 is 22.4. The van der Waals surface area contributed by atoms with Gasteiger partial charge in [0.15, 0.2) is 0 Å². The van der Waals surface area contributed by atoms with Crippen LogP contribution in [0.5, 0.6) is 23.0 Å². The molecule has 0 saturated carbocycles. The minimum absolute atomic E-state index is 0.867. The van der Waals surface area contributed by atoms with Gasteiger partial charge in [0.05, 0.1) is 28.4 Å². The van der Waals surface area contributed by atoms with Crippen LogP contribution in [0.4, 0.5) is 0 Å². The number of hydrogen-bond acceptors (Lipinski definition) is 4. The molecule has 6 heteroatoms. The minimum atomic E-state index is -0.939. The number of ether oxygens (including phenoxy) is 4. The summed E-state index contributed by atoms with van der Waals surface area (Å²) in [5, 5.41) is 7.95. The Labute approximate surface area is 264 Å². The van der Waals surface area contributed by atoms with Gasteiger partial charge in [-0.25, -0.2) is 0 Å². The molecule has 0 bridgehead atoms. The number of benzene rings is 5. The molecular formula is C38H40O4P2. The Kier molecular flexibility index (Phi) is 9.94. The van der Waals surface area contributed by atoms with Crippen molar-refractivity contribution in [3.63, 3.8) is 0 Å². The summed E-state index contributed by atoms with van der Waals surface area (Å²) >= 11 is 0. The van der Waals surface area contributed by atoms with E-state index in [4.69, 9.17) is 18.9 Å². The molecule has 44 heavy (non-hydrogen) atoms. The van der Waals surface area contributed by atoms with Gasteiger partial charge in [0, 0.05) is 0 Å². The van der Waals surface area contributed by atoms with Gasteiger partial charge >= 0.3 is 0 Å². The summed E-state index contributed by atoms with van der Waals surface area (Å²) in [6.45, 7) is 8.77. The van der Waals surface area contributed by atoms with Crippen LogP contribution in [-0.2, 0) is 0 Å². The Bertz CT molecular complexity index is 1540. The summed E-state index contributed by atoms with van der Waals surface area (Å²) in [6.07, 6.45) is 0. The zero-order chi connectivity index (χ0) is 31.4. The lowest BCUT2D eigenvalue weighted by Crippen LogP contribution is -2.36. The summed E-state index contributed by atoms with van der Waals surface area (Å²) in [5.74, 6) is 3.47. The molecule has 0 aliphatic heterocycles. The molecule has 4 nitrogen and oxygen atoms in total. The topological polar surface area (TPSA) is 36.9 Å². The molecule has 0 amide bonds. The van der Waals surface area contributed by atoms with Crippen LogP contribution in [0.2, 0.25) is 0 Å². The molecule has 0 fully saturated rings. The number of rotatable bonds is 10. The van der Waals surface area contributed by atoms with E-state index in [0.29, 0.717) is 0 Å². The lowest BCUT2D eigenvalue weighted by molar-refractivity contribution is 0.414. The Morgan fingerprint density at radius 1 is 0.341 bits per heavy atom. The molecule has 0 N–H and O–H groups in total. The second kappa shape index (κ2) is 13.9. The maximum Gasteiger partial charge on any atom is 0.119 e. The first-order valence-electron chi connectivity index (χ1n) is 14.6. The third-order valence-electron chi connectivity index (χ3n) is 7.94. The predicted octanol–water partition coefficient (Wildman–Crippen LogP) is 6.47. The smallest absolute Gasteiger partial charge is 0.119 e. The van der Waals surface area contributed by atoms with Gasteiger partial charge < -0.3 is 18.9 Å². The second-order valence-corrected chi connectivity index (χ2v) is 15.0. The largest absolute Gasteiger partial charge is 0.497 e. The van der Waals surface area contributed by atoms with Crippen LogP contribution in [0, 0.1) is 27.7 Å². The molecule has 0 radical (unpaired) electrons. The molecule has 226 valence electrons. The lowest BCUT2D eigenvalue weighted by Gasteiger charge is -2.30. The van der Waals surface area contributed by atoms with E-state index in [1.165, 1.54) is 54.1 Å². The fourth-order valence-electron chi connectivity index (χ4n) is 5.64. The standard InChI is InChI=1S/C38H40O4P2/c1-25-21-29(39-5)13-17-33(25)43(34-18-14-30(40-6)22-26(34)2)37-11-9-10-12-38(37)44(35-19-15-31(41-7)23-27(35)3)36-20-16-32(42-8)24-28(36)4/h9-24H,1-8H3. The van der Waals surface area contributed by atoms with Crippen LogP contribution in [0.3, 0.4) is 0 Å². The molecule has 0 heterocycles. The number of aryl methyl sites for hydroxylation is 4. The van der Waals surface area contributed by atoms with Crippen molar-refractivity contribution in [1.82, 2.24) is 0 Å². The van der Waals surface area contributed by atoms with Gasteiger partial charge in [-0.2, -0.15) is 0 Å². The van der Waals surface area contributed by atoms with Crippen molar-refractivity contribution in [2.75, 3.05) is 28.4 Å². The molecule has 0 aromatic heterocycles. The molecule has 5 aromatic rings. The number of hydrogen-bond donors (Lipinski definition) is 0. The molecule has 5 rings (SSSR count). The van der Waals surface area contributed by atoms with E-state index in [1.54, 1.807) is 28.4 Å². The van der Waals surface area contributed by atoms with E-state index in [2.05, 4.69) is 125 Å². The third kappa shape index (κ3) is 6.34. The molecule has 0 aliphatic rings. The summed E-state index contributed by atoms with van der Waals surface area (Å²) in [4.78, 5) is 0. The molecule has 0 atom stereocenters. The van der Waals surface area contributed by atoms with E-state index in [0.717, 1.165) is 23.0 Å². The zero-order valence-corrected chi connectivity index (χ0v) is 28.6. The average molecular weight is 623 g/mol. The van der Waals surface area contributed by atoms with E-state index >= 15 is 0 Å². The highest BCUT2D eigenvalue weighted by atomic mass is 31.1. The average Bonchev–Trinajstić information content (AvgIpc) is 3.04. The molecule has 0 unspecified atom stereocenters. The van der Waals surface area contributed by atoms with E-state index in [1.807, 2.05) is 0 Å². The Hall–Kier alpha value is -3.84. The number of methoxy groups -OCH3 is 4. The van der Waals surface area contributed by atoms with E-state index in [-0.39, 0.29) is 0 Å². The van der Waals surface area contributed by atoms with Gasteiger partial charge in [0.2, 0.25) is 0 Å². The third-order valence-corrected chi connectivity index (χ3v) is 13.8. The summed E-state index contributed by atoms with van der Waals surface area (Å²) in [7, 11) is 5.02. The van der Waals surface area contributed by atoms with Gasteiger partial charge in [0.25, 0.3) is 0 Å². The second-order valence-electron chi connectivity index (χ2n) is 10.8. The van der Waals surface area contributed by atoms with Crippen LogP contribution in [0.25, 0.3) is 0 Å². The van der Waals surface area contributed by atoms with Crippen molar-refractivity contribution >= 4 is 47.7 Å². The maximum absolute atomic E-state index is 5.61. The van der Waals surface area contributed by atoms with Gasteiger partial charge in [0.1, 0.15) is 23.0 Å². The molecule has 5 aromatic carbocycles. The monoisotopic (exact) mass is 622 g/mol. The van der Waals surface area contributed by atoms with E-state index < -0.39 is 15.8 Å². The summed E-state index contributed by atoms with van der Waals surface area (Å²) in [6, 6.07) is 35.0. The van der Waals surface area contributed by atoms with Crippen molar-refractivity contribution in [3.8, 4) is 23.0 Å². The quantitative estimate of drug-likeness (QED) is 0.167. The Morgan fingerprint density at radius 2 is 0.591 bits per heavy atom. The van der Waals surface area contributed by atoms with Gasteiger partial charge in [-0.3, -0.25) is 0 Å². The van der Waals surface area contributed by atoms with Gasteiger partial charge in [-0.15, -0.1) is 0 Å². The first kappa shape index (κ1) is 31.6. The van der Waals surface area contributed by atoms with Crippen molar-refractivity contribution in [1.29, 1.82) is 0 Å². The highest BCUT2D eigenvalue weighted by Gasteiger charge is 2.29. The first-order chi connectivity index (χ1) is 21.3. The molecule has 0 saturated heterocycles. The van der Waals surface area contributed by atoms with Gasteiger partial charge in [-0.05, 0) is 170 Å². The van der Waals surface area contributed by atoms with Crippen LogP contribution in [0.1, 0.15) is 22.3 Å². The Balaban J connectivity index is 1.83. The van der Waals surface area contributed by atoms with Crippen LogP contribution < -0.4 is 50.8 Å². The zero-order valence-electron chi connectivity index (χ0n) is 26.8. The Morgan fingerprint density at radius 3 is 0.795 bits per heavy atom. The molecule has 0 aliphatic carbocycles. The maximum atomic E-state index is 5.61. The SMILES string of the molecule is COc1ccc(P(c2ccc(OC)cc2C)c2ccccc2P(c2ccc(OC)cc2C)c2ccc(OC)cc2C)c(C)c1. The fraction of sp³-hybridized carbons (Fsp3) is 0.211. The van der Waals surface area contributed by atoms with Crippen LogP contribution >= 0.6 is 15.8 Å². The highest BCUT2D eigenvalue weighted by Crippen LogP contribution is 2.42. The normalized spacial score (nSPS) is 11.1. The van der Waals surface area contributed by atoms with Crippen LogP contribution in [0.15, 0.2) is 97.1 Å². The van der Waals surface area contributed by atoms with Crippen molar-refractivity contribution in [3.05, 3.63) is 119 Å². The fourth-order valence-corrected chi connectivity index (χ4v) is 11.4. The highest BCUT2D eigenvalue weighted by molar-refractivity contribution is 7.85. The van der Waals surface area contributed by atoms with Crippen molar-refractivity contribution in [2.45, 2.75) is 27.7 Å². The van der Waals surface area contributed by atoms with Crippen LogP contribution in [-0.4, -0.2) is 28.4 Å². The molecule has 0 spiro atoms. The van der Waals surface area contributed by atoms with Gasteiger partial charge in [-0.1, -0.05) is 24.3 Å². The minimum Gasteiger partial charge on any atom is -0.497 e. The summed E-state index contributed by atoms with van der Waals surface area (Å²) in [5.41, 5.74) is 4.86. The molecular weight excluding hydrogens is 582 g/mol. The first-order valence-corrected chi connectivity index (χ1v) is 17.3. The lowest BCUT2D eigenvalue weighted by atomic mass is 10.2. The van der Waals surface area contributed by atoms with Crippen molar-refractivity contribution in [2.24, 2.45) is 0 Å². The predicted molar refractivity (Wildman–Crippen MR) is 189 cm³/mol. The van der Waals surface area contributed by atoms with Crippen molar-refractivity contribution < 1.29 is 18.9 Å². The van der Waals surface area contributed by atoms with E-state index in [9.17, 15) is 0 Å².